The minimum absolute atomic E-state index is 0.0425. The van der Waals surface area contributed by atoms with Crippen LogP contribution in [0.4, 0.5) is 0 Å². The highest BCUT2D eigenvalue weighted by atomic mass is 16.4. The maximum absolute atomic E-state index is 11.6. The summed E-state index contributed by atoms with van der Waals surface area (Å²) in [7, 11) is 0. The molecule has 0 heterocycles. The molecule has 1 amide bonds. The summed E-state index contributed by atoms with van der Waals surface area (Å²) in [5.74, 6) is -1.66. The van der Waals surface area contributed by atoms with Crippen molar-refractivity contribution in [1.29, 1.82) is 0 Å². The fraction of sp³-hybridized carbons (Fsp3) is 0.385. The Labute approximate surface area is 111 Å². The molecule has 0 spiro atoms. The number of carboxylic acid groups (broad SMARTS) is 1. The van der Waals surface area contributed by atoms with Gasteiger partial charge in [-0.05, 0) is 12.0 Å². The molecule has 0 aliphatic rings. The van der Waals surface area contributed by atoms with Crippen LogP contribution < -0.4 is 11.1 Å². The van der Waals surface area contributed by atoms with E-state index < -0.39 is 18.1 Å². The predicted octanol–water partition coefficient (Wildman–Crippen LogP) is -0.492. The summed E-state index contributed by atoms with van der Waals surface area (Å²) in [5.41, 5.74) is 6.69. The van der Waals surface area contributed by atoms with Gasteiger partial charge in [0.05, 0.1) is 6.04 Å². The standard InChI is InChI=1S/C13H18N2O4/c14-10(8-9-4-2-1-3-5-9)12(17)15-7-6-11(16)13(18)19/h1-5,10-11,16H,6-8,14H2,(H,15,17)(H,18,19)/t10?,11-/m0/s1. The molecule has 0 aliphatic carbocycles. The number of nitrogens with one attached hydrogen (secondary N) is 1. The molecule has 0 fully saturated rings. The third-order valence-electron chi connectivity index (χ3n) is 2.64. The molecule has 6 nitrogen and oxygen atoms in total. The van der Waals surface area contributed by atoms with Crippen LogP contribution >= 0.6 is 0 Å². The first-order valence-corrected chi connectivity index (χ1v) is 5.99. The third kappa shape index (κ3) is 5.50. The Balaban J connectivity index is 2.31. The fourth-order valence-electron chi connectivity index (χ4n) is 1.55. The topological polar surface area (TPSA) is 113 Å². The normalized spacial score (nSPS) is 13.6. The molecule has 0 saturated carbocycles. The van der Waals surface area contributed by atoms with Gasteiger partial charge in [0.1, 0.15) is 0 Å². The van der Waals surface area contributed by atoms with Gasteiger partial charge in [0.2, 0.25) is 5.91 Å². The number of aliphatic hydroxyl groups excluding tert-OH is 1. The predicted molar refractivity (Wildman–Crippen MR) is 69.4 cm³/mol. The van der Waals surface area contributed by atoms with Crippen molar-refractivity contribution in [3.05, 3.63) is 35.9 Å². The molecule has 6 heteroatoms. The van der Waals surface area contributed by atoms with Crippen molar-refractivity contribution >= 4 is 11.9 Å². The number of carbonyl (C=O) groups excluding carboxylic acids is 1. The Bertz CT molecular complexity index is 422. The molecule has 0 aromatic heterocycles. The number of benzene rings is 1. The summed E-state index contributed by atoms with van der Waals surface area (Å²) in [6.45, 7) is 0.0782. The number of carboxylic acids is 1. The highest BCUT2D eigenvalue weighted by Gasteiger charge is 2.16. The van der Waals surface area contributed by atoms with Crippen LogP contribution in [0.25, 0.3) is 0 Å². The molecule has 0 aliphatic heterocycles. The zero-order valence-electron chi connectivity index (χ0n) is 10.5. The molecule has 5 N–H and O–H groups in total. The van der Waals surface area contributed by atoms with Crippen LogP contribution in [-0.4, -0.2) is 40.8 Å². The summed E-state index contributed by atoms with van der Waals surface area (Å²) in [6, 6.07) is 8.67. The van der Waals surface area contributed by atoms with E-state index in [-0.39, 0.29) is 18.9 Å². The number of carbonyl (C=O) groups is 2. The van der Waals surface area contributed by atoms with Crippen LogP contribution in [-0.2, 0) is 16.0 Å². The van der Waals surface area contributed by atoms with Crippen LogP contribution in [0.2, 0.25) is 0 Å². The average molecular weight is 266 g/mol. The third-order valence-corrected chi connectivity index (χ3v) is 2.64. The van der Waals surface area contributed by atoms with Gasteiger partial charge in [-0.3, -0.25) is 4.79 Å². The van der Waals surface area contributed by atoms with Crippen molar-refractivity contribution in [3.8, 4) is 0 Å². The number of hydrogen-bond acceptors (Lipinski definition) is 4. The van der Waals surface area contributed by atoms with Crippen molar-refractivity contribution in [2.24, 2.45) is 5.73 Å². The maximum atomic E-state index is 11.6. The smallest absolute Gasteiger partial charge is 0.332 e. The molecule has 0 bridgehead atoms. The number of aliphatic carboxylic acids is 1. The van der Waals surface area contributed by atoms with Gasteiger partial charge in [0.25, 0.3) is 0 Å². The number of nitrogens with two attached hydrogens (primary N) is 1. The van der Waals surface area contributed by atoms with E-state index in [4.69, 9.17) is 15.9 Å². The second-order valence-corrected chi connectivity index (χ2v) is 4.23. The van der Waals surface area contributed by atoms with Gasteiger partial charge >= 0.3 is 5.97 Å². The van der Waals surface area contributed by atoms with Gasteiger partial charge in [-0.1, -0.05) is 30.3 Å². The zero-order chi connectivity index (χ0) is 14.3. The Morgan fingerprint density at radius 1 is 1.26 bits per heavy atom. The summed E-state index contributed by atoms with van der Waals surface area (Å²) >= 11 is 0. The summed E-state index contributed by atoms with van der Waals surface area (Å²) < 4.78 is 0. The van der Waals surface area contributed by atoms with Crippen molar-refractivity contribution in [3.63, 3.8) is 0 Å². The molecule has 1 aromatic rings. The van der Waals surface area contributed by atoms with Crippen LogP contribution in [0.5, 0.6) is 0 Å². The first kappa shape index (κ1) is 15.1. The van der Waals surface area contributed by atoms with Gasteiger partial charge in [-0.2, -0.15) is 0 Å². The molecule has 2 atom stereocenters. The maximum Gasteiger partial charge on any atom is 0.332 e. The van der Waals surface area contributed by atoms with Crippen LogP contribution in [0, 0.1) is 0 Å². The monoisotopic (exact) mass is 266 g/mol. The van der Waals surface area contributed by atoms with Crippen molar-refractivity contribution in [1.82, 2.24) is 5.32 Å². The Hall–Kier alpha value is -1.92. The molecule has 1 rings (SSSR count). The van der Waals surface area contributed by atoms with Crippen molar-refractivity contribution in [2.45, 2.75) is 25.0 Å². The van der Waals surface area contributed by atoms with E-state index in [1.54, 1.807) is 0 Å². The van der Waals surface area contributed by atoms with E-state index in [2.05, 4.69) is 5.32 Å². The number of amides is 1. The second-order valence-electron chi connectivity index (χ2n) is 4.23. The summed E-state index contributed by atoms with van der Waals surface area (Å²) in [4.78, 5) is 22.0. The fourth-order valence-corrected chi connectivity index (χ4v) is 1.55. The van der Waals surface area contributed by atoms with Gasteiger partial charge < -0.3 is 21.3 Å². The van der Waals surface area contributed by atoms with E-state index in [0.717, 1.165) is 5.56 Å². The first-order valence-electron chi connectivity index (χ1n) is 5.99. The van der Waals surface area contributed by atoms with Gasteiger partial charge in [0, 0.05) is 13.0 Å². The van der Waals surface area contributed by atoms with Crippen LogP contribution in [0.15, 0.2) is 30.3 Å². The van der Waals surface area contributed by atoms with E-state index in [1.807, 2.05) is 30.3 Å². The SMILES string of the molecule is NC(Cc1ccccc1)C(=O)NCC[C@H](O)C(=O)O. The minimum atomic E-state index is -1.47. The molecule has 0 saturated heterocycles. The molecule has 1 aromatic carbocycles. The lowest BCUT2D eigenvalue weighted by molar-refractivity contribution is -0.147. The Kier molecular flexibility index (Phi) is 5.98. The van der Waals surface area contributed by atoms with Crippen LogP contribution in [0.3, 0.4) is 0 Å². The van der Waals surface area contributed by atoms with E-state index in [9.17, 15) is 9.59 Å². The Morgan fingerprint density at radius 2 is 1.89 bits per heavy atom. The molecule has 0 radical (unpaired) electrons. The molecule has 19 heavy (non-hydrogen) atoms. The summed E-state index contributed by atoms with van der Waals surface area (Å²) in [5, 5.41) is 20.0. The van der Waals surface area contributed by atoms with Gasteiger partial charge in [0.15, 0.2) is 6.10 Å². The van der Waals surface area contributed by atoms with E-state index in [0.29, 0.717) is 6.42 Å². The zero-order valence-corrected chi connectivity index (χ0v) is 10.5. The largest absolute Gasteiger partial charge is 0.479 e. The van der Waals surface area contributed by atoms with Crippen LogP contribution in [0.1, 0.15) is 12.0 Å². The lowest BCUT2D eigenvalue weighted by Crippen LogP contribution is -2.43. The average Bonchev–Trinajstić information content (AvgIpc) is 2.39. The number of hydrogen-bond donors (Lipinski definition) is 4. The molecule has 1 unspecified atom stereocenters. The number of aliphatic hydroxyl groups is 1. The first-order chi connectivity index (χ1) is 9.00. The molecular weight excluding hydrogens is 248 g/mol. The van der Waals surface area contributed by atoms with E-state index in [1.165, 1.54) is 0 Å². The molecule has 104 valence electrons. The second kappa shape index (κ2) is 7.50. The lowest BCUT2D eigenvalue weighted by Gasteiger charge is -2.13. The highest BCUT2D eigenvalue weighted by molar-refractivity contribution is 5.81. The van der Waals surface area contributed by atoms with E-state index >= 15 is 0 Å². The Morgan fingerprint density at radius 3 is 2.47 bits per heavy atom. The van der Waals surface area contributed by atoms with Gasteiger partial charge in [-0.15, -0.1) is 0 Å². The lowest BCUT2D eigenvalue weighted by atomic mass is 10.1. The molecular formula is C13H18N2O4. The quantitative estimate of drug-likeness (QED) is 0.532. The van der Waals surface area contributed by atoms with Crippen molar-refractivity contribution in [2.75, 3.05) is 6.54 Å². The minimum Gasteiger partial charge on any atom is -0.479 e. The summed E-state index contributed by atoms with van der Waals surface area (Å²) in [6.07, 6.45) is -1.10. The number of rotatable bonds is 7. The van der Waals surface area contributed by atoms with Gasteiger partial charge in [-0.25, -0.2) is 4.79 Å². The van der Waals surface area contributed by atoms with Crippen molar-refractivity contribution < 1.29 is 19.8 Å². The highest BCUT2D eigenvalue weighted by Crippen LogP contribution is 2.01.